The molecule has 1 aromatic carbocycles. The highest BCUT2D eigenvalue weighted by molar-refractivity contribution is 5.94. The summed E-state index contributed by atoms with van der Waals surface area (Å²) in [7, 11) is 0. The molecule has 2 amide bonds. The second-order valence-electron chi connectivity index (χ2n) is 6.70. The van der Waals surface area contributed by atoms with E-state index in [9.17, 15) is 9.59 Å². The molecule has 1 atom stereocenters. The first-order valence-electron chi connectivity index (χ1n) is 9.01. The van der Waals surface area contributed by atoms with Gasteiger partial charge in [-0.2, -0.15) is 0 Å². The fourth-order valence-electron chi connectivity index (χ4n) is 3.24. The SMILES string of the molecule is NC(=O)[C@H]1CCCN(CCNC(=O)c2ccc(-c3cc(N)ncn3)cc2)C1. The average molecular weight is 368 g/mol. The van der Waals surface area contributed by atoms with Crippen LogP contribution in [-0.4, -0.2) is 52.9 Å². The van der Waals surface area contributed by atoms with Crippen molar-refractivity contribution in [2.24, 2.45) is 11.7 Å². The maximum atomic E-state index is 12.3. The number of carbonyl (C=O) groups is 2. The van der Waals surface area contributed by atoms with Gasteiger partial charge in [0.2, 0.25) is 5.91 Å². The Kier molecular flexibility index (Phi) is 5.97. The molecule has 0 radical (unpaired) electrons. The van der Waals surface area contributed by atoms with Gasteiger partial charge in [0, 0.05) is 36.8 Å². The van der Waals surface area contributed by atoms with Gasteiger partial charge in [0.15, 0.2) is 0 Å². The number of hydrogen-bond donors (Lipinski definition) is 3. The van der Waals surface area contributed by atoms with E-state index in [1.54, 1.807) is 18.2 Å². The quantitative estimate of drug-likeness (QED) is 0.687. The third kappa shape index (κ3) is 5.01. The van der Waals surface area contributed by atoms with Gasteiger partial charge in [-0.05, 0) is 31.5 Å². The van der Waals surface area contributed by atoms with E-state index in [0.29, 0.717) is 36.7 Å². The number of nitrogen functional groups attached to an aromatic ring is 1. The van der Waals surface area contributed by atoms with E-state index in [2.05, 4.69) is 20.2 Å². The highest BCUT2D eigenvalue weighted by Gasteiger charge is 2.23. The number of likely N-dealkylation sites (tertiary alicyclic amines) is 1. The minimum atomic E-state index is -0.241. The molecule has 1 saturated heterocycles. The zero-order valence-corrected chi connectivity index (χ0v) is 15.1. The molecule has 142 valence electrons. The normalized spacial score (nSPS) is 17.4. The Morgan fingerprint density at radius 2 is 2.00 bits per heavy atom. The zero-order valence-electron chi connectivity index (χ0n) is 15.1. The van der Waals surface area contributed by atoms with Gasteiger partial charge in [-0.25, -0.2) is 9.97 Å². The number of primary amides is 1. The van der Waals surface area contributed by atoms with Crippen LogP contribution in [0, 0.1) is 5.92 Å². The maximum Gasteiger partial charge on any atom is 0.251 e. The topological polar surface area (TPSA) is 127 Å². The summed E-state index contributed by atoms with van der Waals surface area (Å²) >= 11 is 0. The molecule has 1 fully saturated rings. The van der Waals surface area contributed by atoms with Crippen molar-refractivity contribution in [3.8, 4) is 11.3 Å². The second-order valence-corrected chi connectivity index (χ2v) is 6.70. The third-order valence-electron chi connectivity index (χ3n) is 4.75. The molecule has 0 saturated carbocycles. The summed E-state index contributed by atoms with van der Waals surface area (Å²) in [4.78, 5) is 33.9. The van der Waals surface area contributed by atoms with Crippen LogP contribution in [0.2, 0.25) is 0 Å². The molecule has 0 bridgehead atoms. The predicted molar refractivity (Wildman–Crippen MR) is 103 cm³/mol. The highest BCUT2D eigenvalue weighted by atomic mass is 16.2. The Labute approximate surface area is 158 Å². The van der Waals surface area contributed by atoms with Gasteiger partial charge < -0.3 is 21.7 Å². The van der Waals surface area contributed by atoms with Gasteiger partial charge in [-0.15, -0.1) is 0 Å². The molecule has 1 aliphatic rings. The molecule has 0 spiro atoms. The fraction of sp³-hybridized carbons (Fsp3) is 0.368. The van der Waals surface area contributed by atoms with Crippen LogP contribution in [0.3, 0.4) is 0 Å². The van der Waals surface area contributed by atoms with Crippen LogP contribution < -0.4 is 16.8 Å². The van der Waals surface area contributed by atoms with Crippen LogP contribution in [0.15, 0.2) is 36.7 Å². The summed E-state index contributed by atoms with van der Waals surface area (Å²) < 4.78 is 0. The molecule has 5 N–H and O–H groups in total. The van der Waals surface area contributed by atoms with Crippen molar-refractivity contribution in [3.05, 3.63) is 42.2 Å². The van der Waals surface area contributed by atoms with Crippen LogP contribution in [0.5, 0.6) is 0 Å². The molecule has 2 aromatic rings. The van der Waals surface area contributed by atoms with Crippen LogP contribution in [0.4, 0.5) is 5.82 Å². The predicted octanol–water partition coefficient (Wildman–Crippen LogP) is 0.653. The molecule has 8 nitrogen and oxygen atoms in total. The number of benzene rings is 1. The molecule has 1 aromatic heterocycles. The molecule has 0 aliphatic carbocycles. The lowest BCUT2D eigenvalue weighted by atomic mass is 9.97. The van der Waals surface area contributed by atoms with Gasteiger partial charge in [0.05, 0.1) is 11.6 Å². The Morgan fingerprint density at radius 3 is 2.70 bits per heavy atom. The number of anilines is 1. The monoisotopic (exact) mass is 368 g/mol. The Morgan fingerprint density at radius 1 is 1.22 bits per heavy atom. The minimum Gasteiger partial charge on any atom is -0.384 e. The van der Waals surface area contributed by atoms with Crippen molar-refractivity contribution >= 4 is 17.6 Å². The summed E-state index contributed by atoms with van der Waals surface area (Å²) in [5.41, 5.74) is 13.2. The van der Waals surface area contributed by atoms with E-state index < -0.39 is 0 Å². The lowest BCUT2D eigenvalue weighted by Crippen LogP contribution is -2.44. The first-order chi connectivity index (χ1) is 13.0. The summed E-state index contributed by atoms with van der Waals surface area (Å²) in [6, 6.07) is 8.87. The first kappa shape index (κ1) is 18.8. The lowest BCUT2D eigenvalue weighted by molar-refractivity contribution is -0.123. The van der Waals surface area contributed by atoms with Gasteiger partial charge in [-0.3, -0.25) is 9.59 Å². The fourth-order valence-corrected chi connectivity index (χ4v) is 3.24. The van der Waals surface area contributed by atoms with Crippen molar-refractivity contribution in [3.63, 3.8) is 0 Å². The van der Waals surface area contributed by atoms with Crippen LogP contribution in [0.25, 0.3) is 11.3 Å². The van der Waals surface area contributed by atoms with E-state index in [-0.39, 0.29) is 17.7 Å². The molecule has 3 rings (SSSR count). The van der Waals surface area contributed by atoms with Crippen molar-refractivity contribution < 1.29 is 9.59 Å². The van der Waals surface area contributed by atoms with Crippen LogP contribution in [-0.2, 0) is 4.79 Å². The Bertz CT molecular complexity index is 808. The zero-order chi connectivity index (χ0) is 19.2. The van der Waals surface area contributed by atoms with Crippen LogP contribution in [0.1, 0.15) is 23.2 Å². The number of carbonyl (C=O) groups excluding carboxylic acids is 2. The number of hydrogen-bond acceptors (Lipinski definition) is 6. The molecule has 27 heavy (non-hydrogen) atoms. The molecule has 8 heteroatoms. The molecular weight excluding hydrogens is 344 g/mol. The third-order valence-corrected chi connectivity index (χ3v) is 4.75. The minimum absolute atomic E-state index is 0.0853. The average Bonchev–Trinajstić information content (AvgIpc) is 2.68. The van der Waals surface area contributed by atoms with E-state index in [0.717, 1.165) is 24.9 Å². The number of nitrogens with two attached hydrogens (primary N) is 2. The number of rotatable bonds is 6. The van der Waals surface area contributed by atoms with Gasteiger partial charge in [-0.1, -0.05) is 12.1 Å². The Hall–Kier alpha value is -3.00. The Balaban J connectivity index is 1.50. The van der Waals surface area contributed by atoms with Gasteiger partial charge >= 0.3 is 0 Å². The van der Waals surface area contributed by atoms with E-state index in [4.69, 9.17) is 11.5 Å². The molecule has 1 aliphatic heterocycles. The number of piperidine rings is 1. The number of amides is 2. The standard InChI is InChI=1S/C19H24N6O2/c20-17-10-16(23-12-24-17)13-3-5-14(6-4-13)19(27)22-7-9-25-8-1-2-15(11-25)18(21)26/h3-6,10,12,15H,1-2,7-9,11H2,(H2,21,26)(H,22,27)(H2,20,23,24)/t15-/m0/s1. The van der Waals surface area contributed by atoms with Crippen molar-refractivity contribution in [1.29, 1.82) is 0 Å². The largest absolute Gasteiger partial charge is 0.384 e. The van der Waals surface area contributed by atoms with Gasteiger partial charge in [0.1, 0.15) is 12.1 Å². The summed E-state index contributed by atoms with van der Waals surface area (Å²) in [6.07, 6.45) is 3.22. The first-order valence-corrected chi connectivity index (χ1v) is 9.01. The maximum absolute atomic E-state index is 12.3. The summed E-state index contributed by atoms with van der Waals surface area (Å²) in [5, 5.41) is 2.92. The summed E-state index contributed by atoms with van der Waals surface area (Å²) in [5.74, 6) is -0.0579. The number of nitrogens with zero attached hydrogens (tertiary/aromatic N) is 3. The molecule has 2 heterocycles. The second kappa shape index (κ2) is 8.59. The molecular formula is C19H24N6O2. The summed E-state index contributed by atoms with van der Waals surface area (Å²) in [6.45, 7) is 2.82. The number of aromatic nitrogens is 2. The van der Waals surface area contributed by atoms with Crippen molar-refractivity contribution in [2.45, 2.75) is 12.8 Å². The number of nitrogens with one attached hydrogen (secondary N) is 1. The lowest BCUT2D eigenvalue weighted by Gasteiger charge is -2.31. The highest BCUT2D eigenvalue weighted by Crippen LogP contribution is 2.18. The van der Waals surface area contributed by atoms with E-state index >= 15 is 0 Å². The van der Waals surface area contributed by atoms with Crippen molar-refractivity contribution in [2.75, 3.05) is 31.9 Å². The van der Waals surface area contributed by atoms with Gasteiger partial charge in [0.25, 0.3) is 5.91 Å². The molecule has 0 unspecified atom stereocenters. The van der Waals surface area contributed by atoms with E-state index in [1.165, 1.54) is 6.33 Å². The smallest absolute Gasteiger partial charge is 0.251 e. The van der Waals surface area contributed by atoms with E-state index in [1.807, 2.05) is 12.1 Å². The van der Waals surface area contributed by atoms with Crippen LogP contribution >= 0.6 is 0 Å². The van der Waals surface area contributed by atoms with Crippen molar-refractivity contribution in [1.82, 2.24) is 20.2 Å².